The van der Waals surface area contributed by atoms with Gasteiger partial charge in [-0.3, -0.25) is 9.69 Å². The fourth-order valence-corrected chi connectivity index (χ4v) is 2.26. The molecule has 0 saturated carbocycles. The van der Waals surface area contributed by atoms with Crippen LogP contribution in [0.1, 0.15) is 12.8 Å². The van der Waals surface area contributed by atoms with Crippen molar-refractivity contribution in [2.45, 2.75) is 18.9 Å². The molecule has 4 nitrogen and oxygen atoms in total. The van der Waals surface area contributed by atoms with Gasteiger partial charge >= 0.3 is 5.97 Å². The first-order valence-corrected chi connectivity index (χ1v) is 5.21. The van der Waals surface area contributed by atoms with Crippen molar-refractivity contribution in [2.24, 2.45) is 0 Å². The molecule has 1 amide bonds. The Hall–Kier alpha value is -1.36. The van der Waals surface area contributed by atoms with Gasteiger partial charge in [-0.15, -0.1) is 0 Å². The molecule has 1 aliphatic heterocycles. The molecule has 0 radical (unpaired) electrons. The number of hydrogen-bond donors (Lipinski definition) is 1. The summed E-state index contributed by atoms with van der Waals surface area (Å²) in [6.45, 7) is 0. The zero-order valence-corrected chi connectivity index (χ0v) is 8.16. The van der Waals surface area contributed by atoms with Crippen molar-refractivity contribution < 1.29 is 14.7 Å². The maximum atomic E-state index is 11.5. The molecule has 1 N–H and O–H groups in total. The van der Waals surface area contributed by atoms with E-state index in [1.807, 2.05) is 5.38 Å². The fraction of sp³-hybridized carbons (Fsp3) is 0.333. The monoisotopic (exact) mass is 211 g/mol. The Morgan fingerprint density at radius 1 is 1.64 bits per heavy atom. The van der Waals surface area contributed by atoms with Crippen molar-refractivity contribution in [3.05, 3.63) is 16.8 Å². The molecule has 2 rings (SSSR count). The Morgan fingerprint density at radius 2 is 2.43 bits per heavy atom. The Balaban J connectivity index is 2.31. The average molecular weight is 211 g/mol. The lowest BCUT2D eigenvalue weighted by Crippen LogP contribution is -2.38. The molecule has 1 fully saturated rings. The van der Waals surface area contributed by atoms with Crippen molar-refractivity contribution in [1.82, 2.24) is 0 Å². The minimum atomic E-state index is -0.929. The van der Waals surface area contributed by atoms with Gasteiger partial charge in [0.15, 0.2) is 0 Å². The van der Waals surface area contributed by atoms with Gasteiger partial charge in [-0.05, 0) is 17.9 Å². The number of carbonyl (C=O) groups is 2. The van der Waals surface area contributed by atoms with E-state index in [1.54, 1.807) is 11.4 Å². The van der Waals surface area contributed by atoms with Crippen LogP contribution >= 0.6 is 11.3 Å². The molecule has 0 spiro atoms. The standard InChI is InChI=1S/C9H9NO3S/c11-8-2-1-7(9(12)13)10(8)6-3-4-14-5-6/h3-5,7H,1-2H2,(H,12,13)/t7-/m1/s1. The number of carboxylic acids is 1. The number of rotatable bonds is 2. The zero-order chi connectivity index (χ0) is 10.1. The molecule has 0 aliphatic carbocycles. The van der Waals surface area contributed by atoms with Gasteiger partial charge in [-0.2, -0.15) is 11.3 Å². The highest BCUT2D eigenvalue weighted by molar-refractivity contribution is 7.08. The molecule has 74 valence electrons. The summed E-state index contributed by atoms with van der Waals surface area (Å²) in [4.78, 5) is 23.7. The number of aliphatic carboxylic acids is 1. The van der Waals surface area contributed by atoms with E-state index in [4.69, 9.17) is 5.11 Å². The van der Waals surface area contributed by atoms with E-state index < -0.39 is 12.0 Å². The van der Waals surface area contributed by atoms with Crippen LogP contribution in [0, 0.1) is 0 Å². The Labute approximate surface area is 84.8 Å². The summed E-state index contributed by atoms with van der Waals surface area (Å²) in [5.74, 6) is -1.03. The van der Waals surface area contributed by atoms with E-state index in [0.717, 1.165) is 0 Å². The number of carboxylic acid groups (broad SMARTS) is 1. The second kappa shape index (κ2) is 3.42. The first kappa shape index (κ1) is 9.21. The summed E-state index contributed by atoms with van der Waals surface area (Å²) >= 11 is 1.46. The normalized spacial score (nSPS) is 21.6. The highest BCUT2D eigenvalue weighted by Crippen LogP contribution is 2.28. The second-order valence-electron chi connectivity index (χ2n) is 3.14. The van der Waals surface area contributed by atoms with E-state index in [0.29, 0.717) is 18.5 Å². The largest absolute Gasteiger partial charge is 0.480 e. The highest BCUT2D eigenvalue weighted by atomic mass is 32.1. The summed E-state index contributed by atoms with van der Waals surface area (Å²) in [5.41, 5.74) is 0.699. The van der Waals surface area contributed by atoms with E-state index in [9.17, 15) is 9.59 Å². The SMILES string of the molecule is O=C(O)[C@H]1CCC(=O)N1c1ccsc1. The zero-order valence-electron chi connectivity index (χ0n) is 7.34. The third-order valence-corrected chi connectivity index (χ3v) is 2.95. The van der Waals surface area contributed by atoms with Crippen molar-refractivity contribution >= 4 is 28.9 Å². The van der Waals surface area contributed by atoms with Gasteiger partial charge in [-0.25, -0.2) is 4.79 Å². The molecule has 1 atom stereocenters. The van der Waals surface area contributed by atoms with E-state index in [1.165, 1.54) is 16.2 Å². The van der Waals surface area contributed by atoms with Crippen molar-refractivity contribution in [1.29, 1.82) is 0 Å². The van der Waals surface area contributed by atoms with E-state index in [-0.39, 0.29) is 5.91 Å². The molecule has 1 aromatic heterocycles. The van der Waals surface area contributed by atoms with Crippen LogP contribution < -0.4 is 4.90 Å². The minimum absolute atomic E-state index is 0.101. The van der Waals surface area contributed by atoms with Gasteiger partial charge in [-0.1, -0.05) is 0 Å². The minimum Gasteiger partial charge on any atom is -0.480 e. The quantitative estimate of drug-likeness (QED) is 0.802. The second-order valence-corrected chi connectivity index (χ2v) is 3.92. The maximum absolute atomic E-state index is 11.5. The molecule has 0 unspecified atom stereocenters. The summed E-state index contributed by atoms with van der Waals surface area (Å²) in [6, 6.07) is 1.08. The molecule has 2 heterocycles. The number of thiophene rings is 1. The Kier molecular flexibility index (Phi) is 2.25. The van der Waals surface area contributed by atoms with Crippen LogP contribution in [0.3, 0.4) is 0 Å². The molecule has 0 bridgehead atoms. The molecular weight excluding hydrogens is 202 g/mol. The predicted molar refractivity (Wildman–Crippen MR) is 52.5 cm³/mol. The summed E-state index contributed by atoms with van der Waals surface area (Å²) in [6.07, 6.45) is 0.733. The molecular formula is C9H9NO3S. The number of nitrogens with zero attached hydrogens (tertiary/aromatic N) is 1. The lowest BCUT2D eigenvalue weighted by molar-refractivity contribution is -0.138. The number of anilines is 1. The number of amides is 1. The fourth-order valence-electron chi connectivity index (χ4n) is 1.64. The third-order valence-electron chi connectivity index (χ3n) is 2.28. The Morgan fingerprint density at radius 3 is 3.00 bits per heavy atom. The Bertz CT molecular complexity index is 360. The van der Waals surface area contributed by atoms with Gasteiger partial charge in [0.2, 0.25) is 5.91 Å². The van der Waals surface area contributed by atoms with Gasteiger partial charge in [0.05, 0.1) is 5.69 Å². The van der Waals surface area contributed by atoms with Crippen LogP contribution in [0.2, 0.25) is 0 Å². The first-order chi connectivity index (χ1) is 6.70. The van der Waals surface area contributed by atoms with E-state index >= 15 is 0 Å². The van der Waals surface area contributed by atoms with Gasteiger partial charge < -0.3 is 5.11 Å². The molecule has 0 aromatic carbocycles. The van der Waals surface area contributed by atoms with Crippen LogP contribution in [0.25, 0.3) is 0 Å². The topological polar surface area (TPSA) is 57.6 Å². The van der Waals surface area contributed by atoms with Crippen molar-refractivity contribution in [3.8, 4) is 0 Å². The predicted octanol–water partition coefficient (Wildman–Crippen LogP) is 1.33. The van der Waals surface area contributed by atoms with Crippen molar-refractivity contribution in [2.75, 3.05) is 4.90 Å². The third kappa shape index (κ3) is 1.39. The van der Waals surface area contributed by atoms with Gasteiger partial charge in [0.25, 0.3) is 0 Å². The lowest BCUT2D eigenvalue weighted by Gasteiger charge is -2.19. The van der Waals surface area contributed by atoms with Crippen LogP contribution in [-0.2, 0) is 9.59 Å². The van der Waals surface area contributed by atoms with E-state index in [2.05, 4.69) is 0 Å². The summed E-state index contributed by atoms with van der Waals surface area (Å²) in [5, 5.41) is 12.5. The molecule has 14 heavy (non-hydrogen) atoms. The smallest absolute Gasteiger partial charge is 0.326 e. The summed E-state index contributed by atoms with van der Waals surface area (Å²) in [7, 11) is 0. The maximum Gasteiger partial charge on any atom is 0.326 e. The molecule has 1 saturated heterocycles. The van der Waals surface area contributed by atoms with Gasteiger partial charge in [0.1, 0.15) is 6.04 Å². The molecule has 1 aromatic rings. The van der Waals surface area contributed by atoms with Crippen molar-refractivity contribution in [3.63, 3.8) is 0 Å². The van der Waals surface area contributed by atoms with Crippen LogP contribution in [0.15, 0.2) is 16.8 Å². The molecule has 5 heteroatoms. The van der Waals surface area contributed by atoms with Crippen LogP contribution in [-0.4, -0.2) is 23.0 Å². The molecule has 1 aliphatic rings. The highest BCUT2D eigenvalue weighted by Gasteiger charge is 2.37. The lowest BCUT2D eigenvalue weighted by atomic mass is 10.2. The average Bonchev–Trinajstić information content (AvgIpc) is 2.71. The van der Waals surface area contributed by atoms with Crippen LogP contribution in [0.5, 0.6) is 0 Å². The van der Waals surface area contributed by atoms with Crippen LogP contribution in [0.4, 0.5) is 5.69 Å². The number of carbonyl (C=O) groups excluding carboxylic acids is 1. The first-order valence-electron chi connectivity index (χ1n) is 4.27. The number of hydrogen-bond acceptors (Lipinski definition) is 3. The summed E-state index contributed by atoms with van der Waals surface area (Å²) < 4.78 is 0. The van der Waals surface area contributed by atoms with Gasteiger partial charge in [0, 0.05) is 11.8 Å².